The quantitative estimate of drug-likeness (QED) is 0.696. The van der Waals surface area contributed by atoms with Crippen LogP contribution in [0.1, 0.15) is 68.1 Å². The zero-order chi connectivity index (χ0) is 22.1. The van der Waals surface area contributed by atoms with Crippen LogP contribution in [0.2, 0.25) is 0 Å². The highest BCUT2D eigenvalue weighted by Crippen LogP contribution is 2.37. The lowest BCUT2D eigenvalue weighted by atomic mass is 9.82. The van der Waals surface area contributed by atoms with E-state index in [1.165, 1.54) is 0 Å². The van der Waals surface area contributed by atoms with Crippen LogP contribution < -0.4 is 4.74 Å². The van der Waals surface area contributed by atoms with Gasteiger partial charge in [-0.3, -0.25) is 0 Å². The number of ether oxygens (including phenoxy) is 2. The first-order chi connectivity index (χ1) is 14.2. The molecular formula is C23H35N3O4. The van der Waals surface area contributed by atoms with Gasteiger partial charge in [0.25, 0.3) is 0 Å². The first-order valence-corrected chi connectivity index (χ1v) is 10.8. The van der Waals surface area contributed by atoms with E-state index in [0.29, 0.717) is 30.5 Å². The maximum atomic E-state index is 12.7. The second-order valence-corrected chi connectivity index (χ2v) is 8.99. The van der Waals surface area contributed by atoms with Crippen molar-refractivity contribution >= 4 is 11.5 Å². The van der Waals surface area contributed by atoms with E-state index >= 15 is 0 Å². The number of nitrogens with zero attached hydrogens (tertiary/aromatic N) is 3. The van der Waals surface area contributed by atoms with Crippen LogP contribution in [0.4, 0.5) is 0 Å². The van der Waals surface area contributed by atoms with Gasteiger partial charge in [0.2, 0.25) is 5.88 Å². The smallest absolute Gasteiger partial charge is 0.340 e. The third-order valence-corrected chi connectivity index (χ3v) is 6.12. The molecule has 0 saturated carbocycles. The standard InChI is InChI=1S/C23H35N3O4/c1-7-30-22(27)20-16(3)21(26-18(20)8-9-19(24-26)29-6)15(2)17-10-12-25(13-11-17)14-23(4,5)28/h8-9,15,17,28H,7,10-14H2,1-6H3. The van der Waals surface area contributed by atoms with Gasteiger partial charge in [-0.2, -0.15) is 0 Å². The van der Waals surface area contributed by atoms with Crippen LogP contribution in [0.25, 0.3) is 5.52 Å². The van der Waals surface area contributed by atoms with E-state index in [0.717, 1.165) is 42.7 Å². The van der Waals surface area contributed by atoms with E-state index < -0.39 is 5.60 Å². The Bertz CT molecular complexity index is 892. The average molecular weight is 418 g/mol. The summed E-state index contributed by atoms with van der Waals surface area (Å²) in [7, 11) is 1.60. The van der Waals surface area contributed by atoms with Crippen LogP contribution in [0.3, 0.4) is 0 Å². The van der Waals surface area contributed by atoms with Crippen molar-refractivity contribution in [1.82, 2.24) is 14.5 Å². The molecule has 0 aliphatic carbocycles. The first kappa shape index (κ1) is 22.6. The van der Waals surface area contributed by atoms with Gasteiger partial charge in [-0.15, -0.1) is 5.10 Å². The number of piperidine rings is 1. The van der Waals surface area contributed by atoms with Crippen molar-refractivity contribution < 1.29 is 19.4 Å². The maximum Gasteiger partial charge on any atom is 0.340 e. The molecule has 7 heteroatoms. The highest BCUT2D eigenvalue weighted by molar-refractivity contribution is 5.99. The first-order valence-electron chi connectivity index (χ1n) is 10.8. The molecule has 1 unspecified atom stereocenters. The Balaban J connectivity index is 1.93. The van der Waals surface area contributed by atoms with E-state index in [9.17, 15) is 9.90 Å². The maximum absolute atomic E-state index is 12.7. The van der Waals surface area contributed by atoms with Crippen molar-refractivity contribution in [1.29, 1.82) is 0 Å². The second kappa shape index (κ2) is 8.94. The summed E-state index contributed by atoms with van der Waals surface area (Å²) < 4.78 is 12.5. The monoisotopic (exact) mass is 417 g/mol. The van der Waals surface area contributed by atoms with Gasteiger partial charge in [0, 0.05) is 24.2 Å². The summed E-state index contributed by atoms with van der Waals surface area (Å²) in [5.74, 6) is 0.909. The van der Waals surface area contributed by atoms with E-state index in [2.05, 4.69) is 16.9 Å². The number of β-amino-alcohol motifs (C(OH)–C–C–N with tert-alkyl or cyclic N) is 1. The van der Waals surface area contributed by atoms with Crippen molar-refractivity contribution in [2.24, 2.45) is 5.92 Å². The lowest BCUT2D eigenvalue weighted by Crippen LogP contribution is -2.43. The molecule has 1 saturated heterocycles. The molecular weight excluding hydrogens is 382 g/mol. The summed E-state index contributed by atoms with van der Waals surface area (Å²) in [5.41, 5.74) is 2.65. The molecule has 0 radical (unpaired) electrons. The summed E-state index contributed by atoms with van der Waals surface area (Å²) in [4.78, 5) is 15.0. The molecule has 2 aromatic rings. The number of methoxy groups -OCH3 is 1. The molecule has 0 aromatic carbocycles. The van der Waals surface area contributed by atoms with Crippen molar-refractivity contribution in [2.75, 3.05) is 33.4 Å². The number of likely N-dealkylation sites (tertiary alicyclic amines) is 1. The van der Waals surface area contributed by atoms with Gasteiger partial charge < -0.3 is 19.5 Å². The van der Waals surface area contributed by atoms with Crippen LogP contribution in [-0.2, 0) is 4.74 Å². The van der Waals surface area contributed by atoms with E-state index in [1.54, 1.807) is 13.2 Å². The summed E-state index contributed by atoms with van der Waals surface area (Å²) >= 11 is 0. The minimum Gasteiger partial charge on any atom is -0.480 e. The van der Waals surface area contributed by atoms with Gasteiger partial charge in [0.05, 0.1) is 30.4 Å². The lowest BCUT2D eigenvalue weighted by Gasteiger charge is -2.37. The van der Waals surface area contributed by atoms with Gasteiger partial charge in [-0.25, -0.2) is 9.31 Å². The van der Waals surface area contributed by atoms with Crippen LogP contribution in [-0.4, -0.2) is 64.5 Å². The zero-order valence-electron chi connectivity index (χ0n) is 19.1. The lowest BCUT2D eigenvalue weighted by molar-refractivity contribution is 0.0229. The molecule has 0 amide bonds. The Morgan fingerprint density at radius 2 is 2.00 bits per heavy atom. The fourth-order valence-electron chi connectivity index (χ4n) is 4.74. The topological polar surface area (TPSA) is 76.3 Å². The number of hydrogen-bond acceptors (Lipinski definition) is 6. The molecule has 1 fully saturated rings. The Hall–Kier alpha value is -2.12. The van der Waals surface area contributed by atoms with Crippen molar-refractivity contribution in [3.05, 3.63) is 29.0 Å². The summed E-state index contributed by atoms with van der Waals surface area (Å²) in [6.07, 6.45) is 2.09. The van der Waals surface area contributed by atoms with E-state index in [4.69, 9.17) is 9.47 Å². The van der Waals surface area contributed by atoms with Crippen LogP contribution in [0.5, 0.6) is 5.88 Å². The fourth-order valence-corrected chi connectivity index (χ4v) is 4.74. The van der Waals surface area contributed by atoms with Crippen molar-refractivity contribution in [3.8, 4) is 5.88 Å². The van der Waals surface area contributed by atoms with E-state index in [1.807, 2.05) is 38.3 Å². The summed E-state index contributed by atoms with van der Waals surface area (Å²) in [5, 5.41) is 14.8. The molecule has 1 N–H and O–H groups in total. The van der Waals surface area contributed by atoms with Gasteiger partial charge in [0.1, 0.15) is 0 Å². The van der Waals surface area contributed by atoms with Gasteiger partial charge in [-0.1, -0.05) is 6.92 Å². The number of esters is 1. The SMILES string of the molecule is CCOC(=O)c1c(C)c(C(C)C2CCN(CC(C)(C)O)CC2)n2nc(OC)ccc12. The van der Waals surface area contributed by atoms with Gasteiger partial charge in [0.15, 0.2) is 0 Å². The number of rotatable bonds is 7. The largest absolute Gasteiger partial charge is 0.480 e. The predicted molar refractivity (Wildman–Crippen MR) is 116 cm³/mol. The average Bonchev–Trinajstić information content (AvgIpc) is 2.97. The number of aromatic nitrogens is 2. The van der Waals surface area contributed by atoms with Crippen LogP contribution in [0.15, 0.2) is 12.1 Å². The third kappa shape index (κ3) is 4.62. The minimum absolute atomic E-state index is 0.226. The molecule has 7 nitrogen and oxygen atoms in total. The van der Waals surface area contributed by atoms with Gasteiger partial charge in [-0.05, 0) is 71.2 Å². The molecule has 3 heterocycles. The minimum atomic E-state index is -0.679. The Morgan fingerprint density at radius 3 is 2.57 bits per heavy atom. The number of carbonyl (C=O) groups excluding carboxylic acids is 1. The van der Waals surface area contributed by atoms with Gasteiger partial charge >= 0.3 is 5.97 Å². The Morgan fingerprint density at radius 1 is 1.33 bits per heavy atom. The highest BCUT2D eigenvalue weighted by atomic mass is 16.5. The molecule has 0 bridgehead atoms. The normalized spacial score (nSPS) is 17.3. The molecule has 2 aromatic heterocycles. The molecule has 1 aliphatic rings. The zero-order valence-corrected chi connectivity index (χ0v) is 19.1. The molecule has 1 aliphatic heterocycles. The Labute approximate surface area is 179 Å². The second-order valence-electron chi connectivity index (χ2n) is 8.99. The van der Waals surface area contributed by atoms with Crippen LogP contribution >= 0.6 is 0 Å². The fraction of sp³-hybridized carbons (Fsp3) is 0.652. The molecule has 1 atom stereocenters. The third-order valence-electron chi connectivity index (χ3n) is 6.12. The molecule has 3 rings (SSSR count). The summed E-state index contributed by atoms with van der Waals surface area (Å²) in [6.45, 7) is 12.7. The molecule has 30 heavy (non-hydrogen) atoms. The van der Waals surface area contributed by atoms with Crippen LogP contribution in [0, 0.1) is 12.8 Å². The highest BCUT2D eigenvalue weighted by Gasteiger charge is 2.32. The summed E-state index contributed by atoms with van der Waals surface area (Å²) in [6, 6.07) is 3.66. The predicted octanol–water partition coefficient (Wildman–Crippen LogP) is 3.41. The van der Waals surface area contributed by atoms with E-state index in [-0.39, 0.29) is 11.9 Å². The van der Waals surface area contributed by atoms with Crippen molar-refractivity contribution in [2.45, 2.75) is 59.0 Å². The number of fused-ring (bicyclic) bond motifs is 1. The number of hydrogen-bond donors (Lipinski definition) is 1. The Kier molecular flexibility index (Phi) is 6.72. The number of aliphatic hydroxyl groups is 1. The van der Waals surface area contributed by atoms with Crippen molar-refractivity contribution in [3.63, 3.8) is 0 Å². The molecule has 0 spiro atoms. The molecule has 166 valence electrons. The number of carbonyl (C=O) groups is 1.